The van der Waals surface area contributed by atoms with Crippen LogP contribution in [-0.2, 0) is 14.6 Å². The predicted molar refractivity (Wildman–Crippen MR) is 60.0 cm³/mol. The highest BCUT2D eigenvalue weighted by Gasteiger charge is 2.36. The minimum atomic E-state index is -3.34. The maximum Gasteiger partial charge on any atom is 0.303 e. The first kappa shape index (κ1) is 11.9. The van der Waals surface area contributed by atoms with Gasteiger partial charge in [-0.1, -0.05) is 0 Å². The summed E-state index contributed by atoms with van der Waals surface area (Å²) in [6.45, 7) is 0. The second-order valence-electron chi connectivity index (χ2n) is 3.98. The maximum absolute atomic E-state index is 11.8. The van der Waals surface area contributed by atoms with Gasteiger partial charge in [0.15, 0.2) is 9.84 Å². The summed E-state index contributed by atoms with van der Waals surface area (Å²) in [5.74, 6) is -1.08. The lowest BCUT2D eigenvalue weighted by atomic mass is 9.98. The highest BCUT2D eigenvalue weighted by molar-refractivity contribution is 7.91. The number of hydrogen-bond donors (Lipinski definition) is 1. The Bertz CT molecular complexity index is 561. The summed E-state index contributed by atoms with van der Waals surface area (Å²) in [5.41, 5.74) is 0.548. The van der Waals surface area contributed by atoms with Gasteiger partial charge in [-0.3, -0.25) is 4.79 Å². The van der Waals surface area contributed by atoms with Gasteiger partial charge < -0.3 is 9.84 Å². The summed E-state index contributed by atoms with van der Waals surface area (Å²) < 4.78 is 28.6. The predicted octanol–water partition coefficient (Wildman–Crippen LogP) is 1.04. The molecule has 0 aliphatic carbocycles. The van der Waals surface area contributed by atoms with Crippen LogP contribution in [0.1, 0.15) is 17.9 Å². The third-order valence-electron chi connectivity index (χ3n) is 2.83. The highest BCUT2D eigenvalue weighted by atomic mass is 32.2. The van der Waals surface area contributed by atoms with E-state index in [1.165, 1.54) is 13.2 Å². The van der Waals surface area contributed by atoms with E-state index < -0.39 is 21.7 Å². The van der Waals surface area contributed by atoms with Gasteiger partial charge >= 0.3 is 5.97 Å². The number of aliphatic carboxylic acids is 1. The summed E-state index contributed by atoms with van der Waals surface area (Å²) in [6.07, 6.45) is -0.181. The molecule has 1 unspecified atom stereocenters. The molecule has 1 aromatic carbocycles. The molecule has 0 spiro atoms. The van der Waals surface area contributed by atoms with Crippen molar-refractivity contribution in [3.8, 4) is 5.75 Å². The molecule has 1 atom stereocenters. The molecule has 1 aromatic rings. The van der Waals surface area contributed by atoms with Gasteiger partial charge in [0, 0.05) is 5.92 Å². The highest BCUT2D eigenvalue weighted by Crippen LogP contribution is 2.38. The smallest absolute Gasteiger partial charge is 0.303 e. The van der Waals surface area contributed by atoms with Gasteiger partial charge in [0.25, 0.3) is 0 Å². The van der Waals surface area contributed by atoms with E-state index in [1.54, 1.807) is 12.1 Å². The summed E-state index contributed by atoms with van der Waals surface area (Å²) in [7, 11) is -1.86. The molecule has 5 nitrogen and oxygen atoms in total. The number of fused-ring (bicyclic) bond motifs is 1. The van der Waals surface area contributed by atoms with Crippen molar-refractivity contribution in [1.82, 2.24) is 0 Å². The molecule has 0 aromatic heterocycles. The summed E-state index contributed by atoms with van der Waals surface area (Å²) in [4.78, 5) is 10.9. The number of carbonyl (C=O) groups is 1. The number of benzene rings is 1. The van der Waals surface area contributed by atoms with Crippen molar-refractivity contribution < 1.29 is 23.1 Å². The SMILES string of the molecule is COc1ccc2c(c1)C(CC(=O)O)CS2(=O)=O. The molecule has 1 aliphatic rings. The fourth-order valence-electron chi connectivity index (χ4n) is 2.08. The van der Waals surface area contributed by atoms with E-state index in [1.807, 2.05) is 0 Å². The van der Waals surface area contributed by atoms with Gasteiger partial charge in [-0.2, -0.15) is 0 Å². The van der Waals surface area contributed by atoms with Gasteiger partial charge in [-0.05, 0) is 23.8 Å². The topological polar surface area (TPSA) is 80.7 Å². The molecule has 92 valence electrons. The van der Waals surface area contributed by atoms with Gasteiger partial charge in [0.2, 0.25) is 0 Å². The number of methoxy groups -OCH3 is 1. The van der Waals surface area contributed by atoms with Crippen LogP contribution in [-0.4, -0.2) is 32.4 Å². The molecular formula is C11H12O5S. The fraction of sp³-hybridized carbons (Fsp3) is 0.364. The van der Waals surface area contributed by atoms with E-state index in [0.717, 1.165) is 0 Å². The van der Waals surface area contributed by atoms with Gasteiger partial charge in [0.05, 0.1) is 24.2 Å². The zero-order chi connectivity index (χ0) is 12.6. The summed E-state index contributed by atoms with van der Waals surface area (Å²) in [6, 6.07) is 4.65. The van der Waals surface area contributed by atoms with E-state index >= 15 is 0 Å². The Balaban J connectivity index is 2.50. The van der Waals surface area contributed by atoms with Crippen molar-refractivity contribution >= 4 is 15.8 Å². The van der Waals surface area contributed by atoms with Gasteiger partial charge in [0.1, 0.15) is 5.75 Å². The first-order valence-corrected chi connectivity index (χ1v) is 6.72. The molecule has 0 bridgehead atoms. The Hall–Kier alpha value is -1.56. The van der Waals surface area contributed by atoms with E-state index in [0.29, 0.717) is 11.3 Å². The number of hydrogen-bond acceptors (Lipinski definition) is 4. The lowest BCUT2D eigenvalue weighted by Crippen LogP contribution is -2.08. The third kappa shape index (κ3) is 2.12. The fourth-order valence-corrected chi connectivity index (χ4v) is 3.95. The molecule has 6 heteroatoms. The zero-order valence-electron chi connectivity index (χ0n) is 9.21. The van der Waals surface area contributed by atoms with Crippen LogP contribution in [0.25, 0.3) is 0 Å². The monoisotopic (exact) mass is 256 g/mol. The first-order valence-electron chi connectivity index (χ1n) is 5.06. The van der Waals surface area contributed by atoms with Crippen LogP contribution in [0.15, 0.2) is 23.1 Å². The molecule has 0 amide bonds. The van der Waals surface area contributed by atoms with Crippen LogP contribution in [0, 0.1) is 0 Å². The van der Waals surface area contributed by atoms with Crippen LogP contribution in [0.4, 0.5) is 0 Å². The first-order chi connectivity index (χ1) is 7.94. The average molecular weight is 256 g/mol. The Kier molecular flexibility index (Phi) is 2.82. The number of carboxylic acids is 1. The molecule has 0 radical (unpaired) electrons. The Labute approximate surface area is 98.9 Å². The van der Waals surface area contributed by atoms with Crippen LogP contribution in [0.2, 0.25) is 0 Å². The largest absolute Gasteiger partial charge is 0.497 e. The number of ether oxygens (including phenoxy) is 1. The van der Waals surface area contributed by atoms with Crippen molar-refractivity contribution in [2.24, 2.45) is 0 Å². The average Bonchev–Trinajstić information content (AvgIpc) is 2.49. The van der Waals surface area contributed by atoms with Crippen LogP contribution >= 0.6 is 0 Å². The molecule has 0 saturated heterocycles. The minimum absolute atomic E-state index is 0.137. The Morgan fingerprint density at radius 3 is 2.82 bits per heavy atom. The van der Waals surface area contributed by atoms with Crippen molar-refractivity contribution in [3.63, 3.8) is 0 Å². The van der Waals surface area contributed by atoms with E-state index in [9.17, 15) is 13.2 Å². The number of rotatable bonds is 3. The minimum Gasteiger partial charge on any atom is -0.497 e. The van der Waals surface area contributed by atoms with E-state index in [-0.39, 0.29) is 17.1 Å². The third-order valence-corrected chi connectivity index (χ3v) is 4.72. The molecule has 0 fully saturated rings. The van der Waals surface area contributed by atoms with Crippen LogP contribution < -0.4 is 4.74 Å². The second kappa shape index (κ2) is 4.03. The normalized spacial score (nSPS) is 20.9. The zero-order valence-corrected chi connectivity index (χ0v) is 10.0. The molecule has 0 saturated carbocycles. The molecule has 1 heterocycles. The van der Waals surface area contributed by atoms with Gasteiger partial charge in [-0.15, -0.1) is 0 Å². The lowest BCUT2D eigenvalue weighted by Gasteiger charge is -2.07. The number of carboxylic acid groups (broad SMARTS) is 1. The molecular weight excluding hydrogens is 244 g/mol. The van der Waals surface area contributed by atoms with Crippen molar-refractivity contribution in [2.75, 3.05) is 12.9 Å². The van der Waals surface area contributed by atoms with Crippen LogP contribution in [0.3, 0.4) is 0 Å². The summed E-state index contributed by atoms with van der Waals surface area (Å²) >= 11 is 0. The van der Waals surface area contributed by atoms with Crippen molar-refractivity contribution in [2.45, 2.75) is 17.2 Å². The molecule has 1 N–H and O–H groups in total. The molecule has 2 rings (SSSR count). The Morgan fingerprint density at radius 2 is 2.24 bits per heavy atom. The molecule has 1 aliphatic heterocycles. The quantitative estimate of drug-likeness (QED) is 0.874. The Morgan fingerprint density at radius 1 is 1.53 bits per heavy atom. The second-order valence-corrected chi connectivity index (χ2v) is 5.98. The number of sulfone groups is 1. The lowest BCUT2D eigenvalue weighted by molar-refractivity contribution is -0.137. The standard InChI is InChI=1S/C11H12O5S/c1-16-8-2-3-10-9(5-8)7(4-11(12)13)6-17(10,14)15/h2-3,5,7H,4,6H2,1H3,(H,12,13). The van der Waals surface area contributed by atoms with E-state index in [4.69, 9.17) is 9.84 Å². The van der Waals surface area contributed by atoms with Gasteiger partial charge in [-0.25, -0.2) is 8.42 Å². The molecule has 17 heavy (non-hydrogen) atoms. The van der Waals surface area contributed by atoms with Crippen LogP contribution in [0.5, 0.6) is 5.75 Å². The summed E-state index contributed by atoms with van der Waals surface area (Å²) in [5, 5.41) is 8.77. The van der Waals surface area contributed by atoms with E-state index in [2.05, 4.69) is 0 Å². The van der Waals surface area contributed by atoms with Crippen molar-refractivity contribution in [1.29, 1.82) is 0 Å². The maximum atomic E-state index is 11.8. The van der Waals surface area contributed by atoms with Crippen molar-refractivity contribution in [3.05, 3.63) is 23.8 Å².